The molecule has 0 atom stereocenters. The smallest absolute Gasteiger partial charge is 0.0729 e. The number of aryl methyl sites for hydroxylation is 2. The second kappa shape index (κ2) is 15.6. The van der Waals surface area contributed by atoms with Crippen molar-refractivity contribution in [1.82, 2.24) is 19.1 Å². The van der Waals surface area contributed by atoms with Crippen molar-refractivity contribution in [2.45, 2.75) is 66.2 Å². The van der Waals surface area contributed by atoms with Crippen molar-refractivity contribution >= 4 is 43.6 Å². The summed E-state index contributed by atoms with van der Waals surface area (Å²) in [6.07, 6.45) is 2.04. The lowest BCUT2D eigenvalue weighted by Crippen LogP contribution is -2.15. The maximum atomic E-state index is 5.47. The molecule has 0 bridgehead atoms. The van der Waals surface area contributed by atoms with Crippen LogP contribution in [0.3, 0.4) is 0 Å². The minimum Gasteiger partial charge on any atom is -0.309 e. The lowest BCUT2D eigenvalue weighted by atomic mass is 9.81. The Balaban J connectivity index is 1.03. The lowest BCUT2D eigenvalue weighted by Gasteiger charge is -2.26. The van der Waals surface area contributed by atoms with E-state index in [4.69, 9.17) is 9.97 Å². The van der Waals surface area contributed by atoms with E-state index < -0.39 is 0 Å². The number of rotatable bonds is 6. The SMILES string of the molecule is Cc1ccc2c(c1)c1ccccc1n2-c1cccc(C(C)(C)C)c1-c1ccc(-c2ccc(-c3c(-n4c5ccccc5c5cc(-c6ccccc6)ccc54)cccc3C(C)(C)C)nc2C)cn1. The van der Waals surface area contributed by atoms with Crippen molar-refractivity contribution in [1.29, 1.82) is 0 Å². The van der Waals surface area contributed by atoms with Crippen LogP contribution in [0.1, 0.15) is 63.9 Å². The molecule has 322 valence electrons. The Bertz CT molecular complexity index is 3670. The quantitative estimate of drug-likeness (QED) is 0.167. The Morgan fingerprint density at radius 3 is 1.48 bits per heavy atom. The minimum atomic E-state index is -0.140. The first-order chi connectivity index (χ1) is 31.8. The zero-order chi connectivity index (χ0) is 45.5. The molecule has 0 amide bonds. The summed E-state index contributed by atoms with van der Waals surface area (Å²) in [6, 6.07) is 64.2. The average molecular weight is 855 g/mol. The first-order valence-corrected chi connectivity index (χ1v) is 23.2. The molecule has 0 aliphatic carbocycles. The molecule has 7 aromatic carbocycles. The average Bonchev–Trinajstić information content (AvgIpc) is 3.83. The normalized spacial score (nSPS) is 12.2. The predicted octanol–water partition coefficient (Wildman–Crippen LogP) is 16.6. The Labute approximate surface area is 387 Å². The summed E-state index contributed by atoms with van der Waals surface area (Å²) in [6.45, 7) is 18.1. The van der Waals surface area contributed by atoms with Crippen molar-refractivity contribution in [3.8, 4) is 56.1 Å². The van der Waals surface area contributed by atoms with Crippen molar-refractivity contribution < 1.29 is 0 Å². The van der Waals surface area contributed by atoms with Gasteiger partial charge in [0.15, 0.2) is 0 Å². The summed E-state index contributed by atoms with van der Waals surface area (Å²) < 4.78 is 4.88. The molecule has 0 spiro atoms. The van der Waals surface area contributed by atoms with Crippen LogP contribution in [0.25, 0.3) is 99.8 Å². The second-order valence-corrected chi connectivity index (χ2v) is 20.0. The van der Waals surface area contributed by atoms with E-state index in [1.165, 1.54) is 71.4 Å². The van der Waals surface area contributed by atoms with Gasteiger partial charge in [-0.15, -0.1) is 0 Å². The topological polar surface area (TPSA) is 35.6 Å². The number of benzene rings is 7. The van der Waals surface area contributed by atoms with Gasteiger partial charge in [-0.1, -0.05) is 162 Å². The fraction of sp³-hybridized carbons (Fsp3) is 0.161. The molecule has 4 heteroatoms. The van der Waals surface area contributed by atoms with Crippen molar-refractivity contribution in [2.75, 3.05) is 0 Å². The summed E-state index contributed by atoms with van der Waals surface area (Å²) in [5.74, 6) is 0. The maximum absolute atomic E-state index is 5.47. The van der Waals surface area contributed by atoms with Crippen molar-refractivity contribution in [3.05, 3.63) is 205 Å². The molecule has 66 heavy (non-hydrogen) atoms. The molecule has 0 N–H and O–H groups in total. The fourth-order valence-electron chi connectivity index (χ4n) is 10.3. The van der Waals surface area contributed by atoms with E-state index in [1.54, 1.807) is 0 Å². The molecule has 4 nitrogen and oxygen atoms in total. The van der Waals surface area contributed by atoms with Gasteiger partial charge in [0.05, 0.1) is 44.8 Å². The Morgan fingerprint density at radius 2 is 0.909 bits per heavy atom. The zero-order valence-electron chi connectivity index (χ0n) is 39.1. The van der Waals surface area contributed by atoms with Gasteiger partial charge in [0.1, 0.15) is 0 Å². The van der Waals surface area contributed by atoms with Gasteiger partial charge in [-0.3, -0.25) is 9.97 Å². The largest absolute Gasteiger partial charge is 0.309 e. The number of para-hydroxylation sites is 2. The maximum Gasteiger partial charge on any atom is 0.0729 e. The van der Waals surface area contributed by atoms with Gasteiger partial charge in [-0.05, 0) is 108 Å². The van der Waals surface area contributed by atoms with Crippen LogP contribution in [-0.4, -0.2) is 19.1 Å². The summed E-state index contributed by atoms with van der Waals surface area (Å²) in [5, 5.41) is 4.98. The number of pyridine rings is 2. The number of hydrogen-bond acceptors (Lipinski definition) is 2. The highest BCUT2D eigenvalue weighted by atomic mass is 15.0. The van der Waals surface area contributed by atoms with Gasteiger partial charge >= 0.3 is 0 Å². The summed E-state index contributed by atoms with van der Waals surface area (Å²) in [4.78, 5) is 10.8. The lowest BCUT2D eigenvalue weighted by molar-refractivity contribution is 0.591. The van der Waals surface area contributed by atoms with Crippen molar-refractivity contribution in [3.63, 3.8) is 0 Å². The van der Waals surface area contributed by atoms with Gasteiger partial charge in [-0.2, -0.15) is 0 Å². The van der Waals surface area contributed by atoms with Gasteiger partial charge < -0.3 is 9.13 Å². The summed E-state index contributed by atoms with van der Waals surface area (Å²) in [5.41, 5.74) is 20.2. The molecule has 4 aromatic heterocycles. The molecule has 11 aromatic rings. The summed E-state index contributed by atoms with van der Waals surface area (Å²) in [7, 11) is 0. The zero-order valence-corrected chi connectivity index (χ0v) is 39.1. The highest BCUT2D eigenvalue weighted by Gasteiger charge is 2.27. The van der Waals surface area contributed by atoms with E-state index in [0.717, 1.165) is 50.7 Å². The number of nitrogens with zero attached hydrogens (tertiary/aromatic N) is 4. The van der Waals surface area contributed by atoms with Crippen molar-refractivity contribution in [2.24, 2.45) is 0 Å². The van der Waals surface area contributed by atoms with Crippen LogP contribution in [0.2, 0.25) is 0 Å². The molecule has 4 heterocycles. The summed E-state index contributed by atoms with van der Waals surface area (Å²) >= 11 is 0. The highest BCUT2D eigenvalue weighted by Crippen LogP contribution is 2.44. The monoisotopic (exact) mass is 854 g/mol. The van der Waals surface area contributed by atoms with Crippen LogP contribution in [0, 0.1) is 13.8 Å². The Kier molecular flexibility index (Phi) is 9.70. The third kappa shape index (κ3) is 6.82. The van der Waals surface area contributed by atoms with Crippen LogP contribution in [-0.2, 0) is 10.8 Å². The first kappa shape index (κ1) is 41.2. The molecule has 0 radical (unpaired) electrons. The Morgan fingerprint density at radius 1 is 0.394 bits per heavy atom. The number of fused-ring (bicyclic) bond motifs is 6. The first-order valence-electron chi connectivity index (χ1n) is 23.2. The van der Waals surface area contributed by atoms with Gasteiger partial charge in [-0.25, -0.2) is 0 Å². The molecule has 0 saturated heterocycles. The van der Waals surface area contributed by atoms with Gasteiger partial charge in [0.2, 0.25) is 0 Å². The van der Waals surface area contributed by atoms with Gasteiger partial charge in [0.25, 0.3) is 0 Å². The predicted molar refractivity (Wildman–Crippen MR) is 279 cm³/mol. The highest BCUT2D eigenvalue weighted by molar-refractivity contribution is 6.12. The third-order valence-corrected chi connectivity index (χ3v) is 13.5. The fourth-order valence-corrected chi connectivity index (χ4v) is 10.3. The van der Waals surface area contributed by atoms with Crippen LogP contribution in [0.5, 0.6) is 0 Å². The van der Waals surface area contributed by atoms with Crippen LogP contribution >= 0.6 is 0 Å². The third-order valence-electron chi connectivity index (χ3n) is 13.5. The minimum absolute atomic E-state index is 0.121. The van der Waals surface area contributed by atoms with E-state index in [9.17, 15) is 0 Å². The van der Waals surface area contributed by atoms with Gasteiger partial charge in [0, 0.05) is 55.7 Å². The van der Waals surface area contributed by atoms with Crippen LogP contribution in [0.4, 0.5) is 0 Å². The molecule has 0 aliphatic heterocycles. The molecule has 0 fully saturated rings. The molecular weight excluding hydrogens is 801 g/mol. The molecule has 0 aliphatic rings. The van der Waals surface area contributed by atoms with Crippen LogP contribution < -0.4 is 0 Å². The van der Waals surface area contributed by atoms with E-state index in [-0.39, 0.29) is 10.8 Å². The Hall–Kier alpha value is -7.56. The molecule has 11 rings (SSSR count). The van der Waals surface area contributed by atoms with E-state index in [2.05, 4.69) is 240 Å². The standard InChI is InChI=1S/C62H54N4/c1-39-28-34-55-47(36-39)45-20-12-14-24-53(45)65(55)57-26-16-22-49(61(3,4)5)59(57)51-32-29-43(38-63-51)44-31-33-52(64-40(44)2)60-50(62(6,7)8)23-17-27-58(60)66-54-25-15-13-21-46(54)48-37-42(30-35-56(48)66)41-18-10-9-11-19-41/h9-38H,1-8H3. The van der Waals surface area contributed by atoms with Crippen LogP contribution in [0.15, 0.2) is 182 Å². The molecule has 0 saturated carbocycles. The van der Waals surface area contributed by atoms with E-state index >= 15 is 0 Å². The number of aromatic nitrogens is 4. The molecule has 0 unspecified atom stereocenters. The second-order valence-electron chi connectivity index (χ2n) is 20.0. The van der Waals surface area contributed by atoms with E-state index in [1.807, 2.05) is 6.20 Å². The number of hydrogen-bond donors (Lipinski definition) is 0. The van der Waals surface area contributed by atoms with E-state index in [0.29, 0.717) is 0 Å². The molecular formula is C62H54N4.